The Labute approximate surface area is 105 Å². The van der Waals surface area contributed by atoms with E-state index in [2.05, 4.69) is 27.3 Å². The van der Waals surface area contributed by atoms with Crippen molar-refractivity contribution >= 4 is 16.5 Å². The highest BCUT2D eigenvalue weighted by molar-refractivity contribution is 7.15. The lowest BCUT2D eigenvalue weighted by Crippen LogP contribution is -2.48. The van der Waals surface area contributed by atoms with Crippen LogP contribution in [0.2, 0.25) is 0 Å². The summed E-state index contributed by atoms with van der Waals surface area (Å²) in [6, 6.07) is 0.347. The van der Waals surface area contributed by atoms with Crippen LogP contribution in [-0.2, 0) is 11.3 Å². The predicted molar refractivity (Wildman–Crippen MR) is 66.2 cm³/mol. The van der Waals surface area contributed by atoms with Crippen LogP contribution in [0.15, 0.2) is 0 Å². The Morgan fingerprint density at radius 2 is 2.41 bits per heavy atom. The average Bonchev–Trinajstić information content (AvgIpc) is 2.80. The summed E-state index contributed by atoms with van der Waals surface area (Å²) < 4.78 is 5.50. The number of anilines is 1. The molecule has 0 amide bonds. The number of hydrogen-bond donors (Lipinski definition) is 2. The van der Waals surface area contributed by atoms with Crippen LogP contribution in [0.3, 0.4) is 0 Å². The Morgan fingerprint density at radius 1 is 1.59 bits per heavy atom. The first-order valence-electron chi connectivity index (χ1n) is 5.69. The summed E-state index contributed by atoms with van der Waals surface area (Å²) in [4.78, 5) is 2.27. The molecule has 2 unspecified atom stereocenters. The zero-order valence-corrected chi connectivity index (χ0v) is 10.9. The van der Waals surface area contributed by atoms with Gasteiger partial charge in [0.2, 0.25) is 5.13 Å². The van der Waals surface area contributed by atoms with Crippen LogP contribution in [0.4, 0.5) is 5.13 Å². The van der Waals surface area contributed by atoms with Crippen molar-refractivity contribution in [3.8, 4) is 0 Å². The summed E-state index contributed by atoms with van der Waals surface area (Å²) in [5.41, 5.74) is 0. The minimum absolute atomic E-state index is 0.0705. The Bertz CT molecular complexity index is 360. The van der Waals surface area contributed by atoms with Gasteiger partial charge in [0, 0.05) is 19.6 Å². The Kier molecular flexibility index (Phi) is 4.27. The fourth-order valence-corrected chi connectivity index (χ4v) is 2.52. The van der Waals surface area contributed by atoms with E-state index in [0.717, 1.165) is 23.2 Å². The van der Waals surface area contributed by atoms with Crippen LogP contribution in [-0.4, -0.2) is 59.2 Å². The molecule has 2 atom stereocenters. The van der Waals surface area contributed by atoms with Crippen molar-refractivity contribution in [3.63, 3.8) is 0 Å². The van der Waals surface area contributed by atoms with Crippen molar-refractivity contribution in [3.05, 3.63) is 5.01 Å². The van der Waals surface area contributed by atoms with E-state index < -0.39 is 0 Å². The van der Waals surface area contributed by atoms with Gasteiger partial charge in [0.15, 0.2) is 0 Å². The maximum atomic E-state index is 9.12. The van der Waals surface area contributed by atoms with Crippen LogP contribution < -0.4 is 5.32 Å². The monoisotopic (exact) mass is 258 g/mol. The first kappa shape index (κ1) is 12.7. The molecule has 1 aliphatic rings. The topological polar surface area (TPSA) is 70.5 Å². The van der Waals surface area contributed by atoms with Crippen LogP contribution in [0.5, 0.6) is 0 Å². The second-order valence-corrected chi connectivity index (χ2v) is 5.23. The lowest BCUT2D eigenvalue weighted by Gasteiger charge is -2.36. The van der Waals surface area contributed by atoms with Gasteiger partial charge in [-0.15, -0.1) is 10.2 Å². The fourth-order valence-electron chi connectivity index (χ4n) is 1.80. The Hall–Kier alpha value is -0.760. The van der Waals surface area contributed by atoms with E-state index in [-0.39, 0.29) is 12.7 Å². The molecule has 0 bridgehead atoms. The summed E-state index contributed by atoms with van der Waals surface area (Å²) in [6.45, 7) is 4.35. The number of nitrogens with one attached hydrogen (secondary N) is 1. The number of hydrogen-bond acceptors (Lipinski definition) is 7. The third-order valence-corrected chi connectivity index (χ3v) is 3.78. The number of aromatic nitrogens is 2. The van der Waals surface area contributed by atoms with Gasteiger partial charge in [-0.25, -0.2) is 0 Å². The van der Waals surface area contributed by atoms with Crippen molar-refractivity contribution in [2.75, 3.05) is 32.1 Å². The third kappa shape index (κ3) is 3.12. The molecule has 2 heterocycles. The van der Waals surface area contributed by atoms with Crippen LogP contribution in [0, 0.1) is 0 Å². The van der Waals surface area contributed by atoms with Crippen molar-refractivity contribution in [1.82, 2.24) is 15.1 Å². The second-order valence-electron chi connectivity index (χ2n) is 4.17. The van der Waals surface area contributed by atoms with Gasteiger partial charge in [0.1, 0.15) is 5.01 Å². The molecule has 2 N–H and O–H groups in total. The number of aliphatic hydroxyl groups excluding tert-OH is 1. The minimum Gasteiger partial charge on any atom is -0.394 e. The molecule has 17 heavy (non-hydrogen) atoms. The number of morpholine rings is 1. The first-order chi connectivity index (χ1) is 8.22. The first-order valence-corrected chi connectivity index (χ1v) is 6.51. The summed E-state index contributed by atoms with van der Waals surface area (Å²) in [5, 5.41) is 22.1. The lowest BCUT2D eigenvalue weighted by atomic mass is 10.2. The van der Waals surface area contributed by atoms with Crippen LogP contribution in [0.1, 0.15) is 11.9 Å². The smallest absolute Gasteiger partial charge is 0.205 e. The van der Waals surface area contributed by atoms with E-state index in [9.17, 15) is 0 Å². The lowest BCUT2D eigenvalue weighted by molar-refractivity contribution is -0.0806. The highest BCUT2D eigenvalue weighted by Crippen LogP contribution is 2.19. The Balaban J connectivity index is 1.96. The molecule has 2 rings (SSSR count). The van der Waals surface area contributed by atoms with Gasteiger partial charge in [-0.05, 0) is 6.92 Å². The molecule has 0 aliphatic carbocycles. The largest absolute Gasteiger partial charge is 0.394 e. The molecule has 1 aromatic rings. The molecule has 1 fully saturated rings. The highest BCUT2D eigenvalue weighted by atomic mass is 32.1. The van der Waals surface area contributed by atoms with Gasteiger partial charge in [-0.1, -0.05) is 11.3 Å². The SMILES string of the molecule is CNc1nnc(CN2CC(CO)OCC2C)s1. The van der Waals surface area contributed by atoms with Gasteiger partial charge >= 0.3 is 0 Å². The molecule has 0 saturated carbocycles. The molecule has 1 saturated heterocycles. The summed E-state index contributed by atoms with van der Waals surface area (Å²) in [6.07, 6.45) is -0.0807. The molecule has 0 aromatic carbocycles. The van der Waals surface area contributed by atoms with E-state index in [1.54, 1.807) is 11.3 Å². The van der Waals surface area contributed by atoms with Crippen molar-refractivity contribution in [1.29, 1.82) is 0 Å². The standard InChI is InChI=1S/C10H18N4O2S/c1-7-6-16-8(5-15)3-14(7)4-9-12-13-10(11-2)17-9/h7-8,15H,3-6H2,1-2H3,(H,11,13). The maximum Gasteiger partial charge on any atom is 0.205 e. The normalized spacial score (nSPS) is 26.1. The van der Waals surface area contributed by atoms with E-state index in [1.165, 1.54) is 0 Å². The zero-order valence-electron chi connectivity index (χ0n) is 10.1. The predicted octanol–water partition coefficient (Wildman–Crippen LogP) is 0.161. The van der Waals surface area contributed by atoms with Gasteiger partial charge < -0.3 is 15.2 Å². The highest BCUT2D eigenvalue weighted by Gasteiger charge is 2.26. The molecule has 0 spiro atoms. The second kappa shape index (κ2) is 5.72. The minimum atomic E-state index is -0.0807. The van der Waals surface area contributed by atoms with Gasteiger partial charge in [-0.2, -0.15) is 0 Å². The Morgan fingerprint density at radius 3 is 3.06 bits per heavy atom. The molecule has 7 heteroatoms. The van der Waals surface area contributed by atoms with E-state index in [1.807, 2.05) is 7.05 Å². The molecule has 6 nitrogen and oxygen atoms in total. The number of rotatable bonds is 4. The summed E-state index contributed by atoms with van der Waals surface area (Å²) in [7, 11) is 1.84. The van der Waals surface area contributed by atoms with Gasteiger partial charge in [0.25, 0.3) is 0 Å². The van der Waals surface area contributed by atoms with E-state index in [4.69, 9.17) is 9.84 Å². The maximum absolute atomic E-state index is 9.12. The number of aliphatic hydroxyl groups is 1. The van der Waals surface area contributed by atoms with Crippen molar-refractivity contribution in [2.45, 2.75) is 25.6 Å². The van der Waals surface area contributed by atoms with Gasteiger partial charge in [-0.3, -0.25) is 4.90 Å². The quantitative estimate of drug-likeness (QED) is 0.802. The van der Waals surface area contributed by atoms with Crippen LogP contribution >= 0.6 is 11.3 Å². The van der Waals surface area contributed by atoms with Gasteiger partial charge in [0.05, 0.1) is 25.9 Å². The molecule has 1 aromatic heterocycles. The average molecular weight is 258 g/mol. The molecule has 1 aliphatic heterocycles. The van der Waals surface area contributed by atoms with Crippen LogP contribution in [0.25, 0.3) is 0 Å². The third-order valence-electron chi connectivity index (χ3n) is 2.86. The van der Waals surface area contributed by atoms with E-state index >= 15 is 0 Å². The molecular formula is C10H18N4O2S. The molecule has 96 valence electrons. The number of ether oxygens (including phenoxy) is 1. The molecular weight excluding hydrogens is 240 g/mol. The molecule has 0 radical (unpaired) electrons. The summed E-state index contributed by atoms with van der Waals surface area (Å²) >= 11 is 1.56. The number of nitrogens with zero attached hydrogens (tertiary/aromatic N) is 3. The van der Waals surface area contributed by atoms with Crippen molar-refractivity contribution in [2.24, 2.45) is 0 Å². The fraction of sp³-hybridized carbons (Fsp3) is 0.800. The van der Waals surface area contributed by atoms with E-state index in [0.29, 0.717) is 12.6 Å². The zero-order chi connectivity index (χ0) is 12.3. The summed E-state index contributed by atoms with van der Waals surface area (Å²) in [5.74, 6) is 0. The van der Waals surface area contributed by atoms with Crippen molar-refractivity contribution < 1.29 is 9.84 Å².